The maximum absolute atomic E-state index is 5.35. The van der Waals surface area contributed by atoms with Crippen LogP contribution in [0, 0.1) is 0 Å². The van der Waals surface area contributed by atoms with Gasteiger partial charge in [-0.05, 0) is 24.6 Å². The molecule has 0 atom stereocenters. The first-order chi connectivity index (χ1) is 10.2. The maximum Gasteiger partial charge on any atom is 0.203 e. The van der Waals surface area contributed by atoms with Crippen molar-refractivity contribution in [2.45, 2.75) is 6.92 Å². The highest BCUT2D eigenvalue weighted by Crippen LogP contribution is 2.38. The van der Waals surface area contributed by atoms with Gasteiger partial charge in [0.15, 0.2) is 11.5 Å². The first-order valence-electron chi connectivity index (χ1n) is 6.83. The summed E-state index contributed by atoms with van der Waals surface area (Å²) in [6.45, 7) is 4.41. The smallest absolute Gasteiger partial charge is 0.203 e. The Hall–Kier alpha value is -1.72. The molecule has 118 valence electrons. The van der Waals surface area contributed by atoms with Crippen molar-refractivity contribution in [1.82, 2.24) is 5.32 Å². The van der Waals surface area contributed by atoms with Crippen molar-refractivity contribution in [3.63, 3.8) is 0 Å². The van der Waals surface area contributed by atoms with E-state index >= 15 is 0 Å². The normalized spacial score (nSPS) is 11.4. The lowest BCUT2D eigenvalue weighted by Crippen LogP contribution is -2.20. The van der Waals surface area contributed by atoms with Crippen molar-refractivity contribution in [2.75, 3.05) is 48.1 Å². The Morgan fingerprint density at radius 1 is 1.05 bits per heavy atom. The molecule has 0 fully saturated rings. The predicted octanol–water partition coefficient (Wildman–Crippen LogP) is 2.35. The summed E-state index contributed by atoms with van der Waals surface area (Å²) in [6, 6.07) is 3.86. The topological polar surface area (TPSA) is 49.0 Å². The molecule has 0 aromatic heterocycles. The maximum atomic E-state index is 5.35. The first-order valence-corrected chi connectivity index (χ1v) is 6.83. The Balaban J connectivity index is 2.87. The van der Waals surface area contributed by atoms with Gasteiger partial charge in [-0.2, -0.15) is 0 Å². The van der Waals surface area contributed by atoms with Gasteiger partial charge in [0.05, 0.1) is 27.9 Å². The fourth-order valence-corrected chi connectivity index (χ4v) is 1.98. The van der Waals surface area contributed by atoms with Crippen LogP contribution in [0.25, 0.3) is 6.08 Å². The van der Waals surface area contributed by atoms with Gasteiger partial charge in [0.2, 0.25) is 5.75 Å². The molecule has 0 aliphatic carbocycles. The lowest BCUT2D eigenvalue weighted by atomic mass is 10.1. The second-order valence-corrected chi connectivity index (χ2v) is 4.62. The molecule has 0 radical (unpaired) electrons. The SMILES string of the molecule is COCCNCC(C)=Cc1cc(OC)c(OC)c(OC)c1. The average Bonchev–Trinajstić information content (AvgIpc) is 2.50. The van der Waals surface area contributed by atoms with Crippen molar-refractivity contribution in [1.29, 1.82) is 0 Å². The fraction of sp³-hybridized carbons (Fsp3) is 0.500. The van der Waals surface area contributed by atoms with Gasteiger partial charge < -0.3 is 24.3 Å². The summed E-state index contributed by atoms with van der Waals surface area (Å²) in [7, 11) is 6.52. The lowest BCUT2D eigenvalue weighted by molar-refractivity contribution is 0.200. The summed E-state index contributed by atoms with van der Waals surface area (Å²) in [4.78, 5) is 0. The van der Waals surface area contributed by atoms with E-state index in [1.807, 2.05) is 12.1 Å². The molecule has 0 bridgehead atoms. The third-order valence-corrected chi connectivity index (χ3v) is 2.99. The Bertz CT molecular complexity index is 446. The zero-order valence-electron chi connectivity index (χ0n) is 13.5. The van der Waals surface area contributed by atoms with E-state index in [1.54, 1.807) is 28.4 Å². The number of benzene rings is 1. The second-order valence-electron chi connectivity index (χ2n) is 4.62. The summed E-state index contributed by atoms with van der Waals surface area (Å²) < 4.78 is 21.0. The van der Waals surface area contributed by atoms with E-state index in [9.17, 15) is 0 Å². The van der Waals surface area contributed by atoms with Gasteiger partial charge >= 0.3 is 0 Å². The van der Waals surface area contributed by atoms with E-state index < -0.39 is 0 Å². The van der Waals surface area contributed by atoms with Gasteiger partial charge in [0, 0.05) is 20.2 Å². The summed E-state index contributed by atoms with van der Waals surface area (Å²) >= 11 is 0. The highest BCUT2D eigenvalue weighted by atomic mass is 16.5. The fourth-order valence-electron chi connectivity index (χ4n) is 1.98. The van der Waals surface area contributed by atoms with E-state index in [2.05, 4.69) is 18.3 Å². The van der Waals surface area contributed by atoms with Crippen LogP contribution in [0.4, 0.5) is 0 Å². The number of ether oxygens (including phenoxy) is 4. The Kier molecular flexibility index (Phi) is 7.64. The van der Waals surface area contributed by atoms with Crippen molar-refractivity contribution >= 4 is 6.08 Å². The molecule has 0 amide bonds. The van der Waals surface area contributed by atoms with Gasteiger partial charge in [0.1, 0.15) is 0 Å². The zero-order valence-corrected chi connectivity index (χ0v) is 13.5. The van der Waals surface area contributed by atoms with Crippen LogP contribution in [-0.2, 0) is 4.74 Å². The van der Waals surface area contributed by atoms with Crippen molar-refractivity contribution in [3.05, 3.63) is 23.3 Å². The van der Waals surface area contributed by atoms with E-state index in [1.165, 1.54) is 5.57 Å². The summed E-state index contributed by atoms with van der Waals surface area (Å²) in [5, 5.41) is 3.31. The number of hydrogen-bond acceptors (Lipinski definition) is 5. The molecule has 1 rings (SSSR count). The Morgan fingerprint density at radius 2 is 1.67 bits per heavy atom. The number of rotatable bonds is 9. The Morgan fingerprint density at radius 3 is 2.14 bits per heavy atom. The molecule has 0 saturated carbocycles. The van der Waals surface area contributed by atoms with Crippen LogP contribution in [-0.4, -0.2) is 48.1 Å². The van der Waals surface area contributed by atoms with E-state index in [0.717, 1.165) is 18.7 Å². The van der Waals surface area contributed by atoms with Crippen molar-refractivity contribution in [3.8, 4) is 17.2 Å². The molecule has 5 nitrogen and oxygen atoms in total. The largest absolute Gasteiger partial charge is 0.493 e. The molecule has 1 aromatic rings. The number of hydrogen-bond donors (Lipinski definition) is 1. The standard InChI is InChI=1S/C16H25NO4/c1-12(11-17-6-7-18-2)8-13-9-14(19-3)16(21-5)15(10-13)20-4/h8-10,17H,6-7,11H2,1-5H3. The van der Waals surface area contributed by atoms with Gasteiger partial charge in [-0.25, -0.2) is 0 Å². The van der Waals surface area contributed by atoms with Crippen molar-refractivity contribution in [2.24, 2.45) is 0 Å². The molecule has 0 unspecified atom stereocenters. The monoisotopic (exact) mass is 295 g/mol. The molecule has 0 spiro atoms. The third kappa shape index (κ3) is 5.28. The third-order valence-electron chi connectivity index (χ3n) is 2.99. The molecular weight excluding hydrogens is 270 g/mol. The van der Waals surface area contributed by atoms with E-state index in [4.69, 9.17) is 18.9 Å². The molecule has 5 heteroatoms. The summed E-state index contributed by atoms with van der Waals surface area (Å²) in [6.07, 6.45) is 2.09. The second kappa shape index (κ2) is 9.26. The minimum absolute atomic E-state index is 0.605. The average molecular weight is 295 g/mol. The molecule has 0 heterocycles. The molecule has 0 aliphatic heterocycles. The van der Waals surface area contributed by atoms with Gasteiger partial charge in [-0.1, -0.05) is 11.6 Å². The first kappa shape index (κ1) is 17.3. The van der Waals surface area contributed by atoms with Gasteiger partial charge in [-0.3, -0.25) is 0 Å². The Labute approximate surface area is 126 Å². The summed E-state index contributed by atoms with van der Waals surface area (Å²) in [5.74, 6) is 1.92. The molecule has 1 aromatic carbocycles. The van der Waals surface area contributed by atoms with Crippen LogP contribution < -0.4 is 19.5 Å². The van der Waals surface area contributed by atoms with Crippen LogP contribution in [0.3, 0.4) is 0 Å². The lowest BCUT2D eigenvalue weighted by Gasteiger charge is -2.13. The minimum Gasteiger partial charge on any atom is -0.493 e. The molecule has 0 aliphatic rings. The van der Waals surface area contributed by atoms with Crippen LogP contribution in [0.5, 0.6) is 17.2 Å². The van der Waals surface area contributed by atoms with Crippen LogP contribution in [0.15, 0.2) is 17.7 Å². The highest BCUT2D eigenvalue weighted by Gasteiger charge is 2.12. The van der Waals surface area contributed by atoms with E-state index in [-0.39, 0.29) is 0 Å². The van der Waals surface area contributed by atoms with Gasteiger partial charge in [0.25, 0.3) is 0 Å². The number of nitrogens with one attached hydrogen (secondary N) is 1. The van der Waals surface area contributed by atoms with E-state index in [0.29, 0.717) is 23.9 Å². The predicted molar refractivity (Wildman–Crippen MR) is 84.5 cm³/mol. The molecule has 1 N–H and O–H groups in total. The number of methoxy groups -OCH3 is 4. The highest BCUT2D eigenvalue weighted by molar-refractivity contribution is 5.63. The van der Waals surface area contributed by atoms with Crippen LogP contribution in [0.2, 0.25) is 0 Å². The summed E-state index contributed by atoms with van der Waals surface area (Å²) in [5.41, 5.74) is 2.22. The molecule has 21 heavy (non-hydrogen) atoms. The minimum atomic E-state index is 0.605. The van der Waals surface area contributed by atoms with Crippen LogP contribution >= 0.6 is 0 Å². The van der Waals surface area contributed by atoms with Crippen molar-refractivity contribution < 1.29 is 18.9 Å². The van der Waals surface area contributed by atoms with Crippen LogP contribution in [0.1, 0.15) is 12.5 Å². The molecular formula is C16H25NO4. The quantitative estimate of drug-likeness (QED) is 0.709. The zero-order chi connectivity index (χ0) is 15.7. The van der Waals surface area contributed by atoms with Gasteiger partial charge in [-0.15, -0.1) is 0 Å². The molecule has 0 saturated heterocycles.